The second-order valence-corrected chi connectivity index (χ2v) is 7.04. The summed E-state index contributed by atoms with van der Waals surface area (Å²) in [5.41, 5.74) is 1.09. The highest BCUT2D eigenvalue weighted by atomic mass is 35.5. The van der Waals surface area contributed by atoms with Gasteiger partial charge in [-0.2, -0.15) is 0 Å². The lowest BCUT2D eigenvalue weighted by Crippen LogP contribution is -2.30. The highest BCUT2D eigenvalue weighted by Gasteiger charge is 2.32. The minimum absolute atomic E-state index is 0.0204. The van der Waals surface area contributed by atoms with Crippen LogP contribution < -0.4 is 10.1 Å². The zero-order valence-corrected chi connectivity index (χ0v) is 16.9. The molecule has 0 radical (unpaired) electrons. The molecule has 8 nitrogen and oxygen atoms in total. The highest BCUT2D eigenvalue weighted by molar-refractivity contribution is 6.37. The van der Waals surface area contributed by atoms with Gasteiger partial charge in [0, 0.05) is 18.7 Å². The fourth-order valence-corrected chi connectivity index (χ4v) is 3.36. The first kappa shape index (κ1) is 21.4. The van der Waals surface area contributed by atoms with Crippen LogP contribution in [0.25, 0.3) is 6.08 Å². The molecule has 0 aliphatic carbocycles. The van der Waals surface area contributed by atoms with Crippen LogP contribution in [0.1, 0.15) is 11.1 Å². The van der Waals surface area contributed by atoms with Crippen molar-refractivity contribution in [2.24, 2.45) is 0 Å². The zero-order chi connectivity index (χ0) is 21.8. The van der Waals surface area contributed by atoms with Crippen LogP contribution in [0.5, 0.6) is 5.75 Å². The maximum atomic E-state index is 12.3. The monoisotopic (exact) mass is 447 g/mol. The molecule has 2 aromatic carbocycles. The van der Waals surface area contributed by atoms with Gasteiger partial charge in [0.25, 0.3) is 11.6 Å². The van der Waals surface area contributed by atoms with Crippen LogP contribution in [0, 0.1) is 10.1 Å². The second kappa shape index (κ2) is 8.98. The summed E-state index contributed by atoms with van der Waals surface area (Å²) in [4.78, 5) is 35.5. The summed E-state index contributed by atoms with van der Waals surface area (Å²) < 4.78 is 5.64. The Bertz CT molecular complexity index is 1060. The van der Waals surface area contributed by atoms with Gasteiger partial charge < -0.3 is 10.1 Å². The Morgan fingerprint density at radius 1 is 1.20 bits per heavy atom. The number of rotatable bonds is 7. The molecule has 1 heterocycles. The van der Waals surface area contributed by atoms with Crippen LogP contribution in [-0.2, 0) is 11.4 Å². The molecule has 0 unspecified atom stereocenters. The van der Waals surface area contributed by atoms with Crippen molar-refractivity contribution in [3.63, 3.8) is 0 Å². The van der Waals surface area contributed by atoms with E-state index in [4.69, 9.17) is 27.9 Å². The van der Waals surface area contributed by atoms with Gasteiger partial charge in [-0.1, -0.05) is 41.4 Å². The summed E-state index contributed by atoms with van der Waals surface area (Å²) in [6, 6.07) is 8.52. The number of nitro benzene ring substituents is 1. The predicted molar refractivity (Wildman–Crippen MR) is 112 cm³/mol. The van der Waals surface area contributed by atoms with E-state index >= 15 is 0 Å². The molecule has 2 aromatic rings. The van der Waals surface area contributed by atoms with Crippen LogP contribution in [-0.4, -0.2) is 28.3 Å². The number of non-ortho nitro benzene ring substituents is 1. The molecule has 0 spiro atoms. The van der Waals surface area contributed by atoms with E-state index in [-0.39, 0.29) is 40.3 Å². The topological polar surface area (TPSA) is 102 Å². The quantitative estimate of drug-likeness (QED) is 0.220. The number of benzene rings is 2. The summed E-state index contributed by atoms with van der Waals surface area (Å²) in [5, 5.41) is 13.7. The molecular weight excluding hydrogens is 433 g/mol. The van der Waals surface area contributed by atoms with Gasteiger partial charge in [-0.3, -0.25) is 19.8 Å². The first-order valence-corrected chi connectivity index (χ1v) is 9.36. The molecule has 3 amide bonds. The minimum Gasteiger partial charge on any atom is -0.486 e. The van der Waals surface area contributed by atoms with Gasteiger partial charge in [0.1, 0.15) is 12.3 Å². The smallest absolute Gasteiger partial charge is 0.329 e. The van der Waals surface area contributed by atoms with Crippen LogP contribution in [0.4, 0.5) is 10.5 Å². The van der Waals surface area contributed by atoms with E-state index in [9.17, 15) is 19.7 Å². The summed E-state index contributed by atoms with van der Waals surface area (Å²) in [7, 11) is 0. The number of nitrogens with zero attached hydrogens (tertiary/aromatic N) is 2. The molecule has 1 N–H and O–H groups in total. The number of halogens is 2. The third kappa shape index (κ3) is 4.61. The lowest BCUT2D eigenvalue weighted by atomic mass is 10.1. The number of nitrogens with one attached hydrogen (secondary N) is 1. The van der Waals surface area contributed by atoms with Crippen LogP contribution >= 0.6 is 23.2 Å². The van der Waals surface area contributed by atoms with Crippen LogP contribution in [0.15, 0.2) is 54.8 Å². The average molecular weight is 448 g/mol. The molecule has 154 valence electrons. The third-order valence-electron chi connectivity index (χ3n) is 4.11. The number of hydrogen-bond acceptors (Lipinski definition) is 5. The van der Waals surface area contributed by atoms with Gasteiger partial charge in [0.05, 0.1) is 15.0 Å². The Balaban J connectivity index is 1.78. The zero-order valence-electron chi connectivity index (χ0n) is 15.4. The number of amides is 3. The number of ether oxygens (including phenoxy) is 1. The van der Waals surface area contributed by atoms with Crippen LogP contribution in [0.2, 0.25) is 10.0 Å². The van der Waals surface area contributed by atoms with Crippen molar-refractivity contribution in [1.82, 2.24) is 10.2 Å². The number of carbonyl (C=O) groups excluding carboxylic acids is 2. The Morgan fingerprint density at radius 2 is 1.90 bits per heavy atom. The highest BCUT2D eigenvalue weighted by Crippen LogP contribution is 2.35. The fourth-order valence-electron chi connectivity index (χ4n) is 2.75. The lowest BCUT2D eigenvalue weighted by molar-refractivity contribution is -0.384. The molecule has 1 saturated heterocycles. The summed E-state index contributed by atoms with van der Waals surface area (Å²) in [6.07, 6.45) is 2.90. The fraction of sp³-hybridized carbons (Fsp3) is 0.100. The minimum atomic E-state index is -0.541. The van der Waals surface area contributed by atoms with E-state index in [1.165, 1.54) is 36.4 Å². The number of hydrogen-bond donors (Lipinski definition) is 1. The average Bonchev–Trinajstić information content (AvgIpc) is 2.95. The largest absolute Gasteiger partial charge is 0.486 e. The van der Waals surface area contributed by atoms with E-state index < -0.39 is 16.9 Å². The van der Waals surface area contributed by atoms with Gasteiger partial charge >= 0.3 is 6.03 Å². The summed E-state index contributed by atoms with van der Waals surface area (Å²) in [5.74, 6) is -0.291. The first-order chi connectivity index (χ1) is 14.3. The number of nitro groups is 1. The number of carbonyl (C=O) groups is 2. The molecular formula is C20H15Cl2N3O5. The van der Waals surface area contributed by atoms with Crippen LogP contribution in [0.3, 0.4) is 0 Å². The Hall–Kier alpha value is -3.36. The van der Waals surface area contributed by atoms with Crippen molar-refractivity contribution in [3.05, 3.63) is 86.0 Å². The maximum absolute atomic E-state index is 12.3. The van der Waals surface area contributed by atoms with Gasteiger partial charge in [-0.05, 0) is 29.3 Å². The Labute approximate surface area is 181 Å². The van der Waals surface area contributed by atoms with Crippen molar-refractivity contribution < 1.29 is 19.2 Å². The standard InChI is InChI=1S/C20H15Cl2N3O5/c1-2-6-24-19(26)17(23-20(24)27)10-13-8-15(21)18(16(22)9-13)30-11-12-4-3-5-14(7-12)25(28)29/h2-5,7-10H,1,6,11H2,(H,23,27)/b17-10+. The van der Waals surface area contributed by atoms with E-state index in [1.807, 2.05) is 0 Å². The number of urea groups is 1. The Kier molecular flexibility index (Phi) is 6.39. The van der Waals surface area contributed by atoms with Crippen molar-refractivity contribution in [1.29, 1.82) is 0 Å². The van der Waals surface area contributed by atoms with Gasteiger partial charge in [0.15, 0.2) is 5.75 Å². The lowest BCUT2D eigenvalue weighted by Gasteiger charge is -2.11. The molecule has 0 atom stereocenters. The molecule has 10 heteroatoms. The SMILES string of the molecule is C=CCN1C(=O)N/C(=C/c2cc(Cl)c(OCc3cccc([N+](=O)[O-])c3)c(Cl)c2)C1=O. The van der Waals surface area contributed by atoms with Gasteiger partial charge in [0.2, 0.25) is 0 Å². The van der Waals surface area contributed by atoms with Crippen molar-refractivity contribution in [2.75, 3.05) is 6.54 Å². The molecule has 3 rings (SSSR count). The number of imide groups is 1. The summed E-state index contributed by atoms with van der Waals surface area (Å²) in [6.45, 7) is 3.62. The van der Waals surface area contributed by atoms with E-state index in [0.717, 1.165) is 4.90 Å². The maximum Gasteiger partial charge on any atom is 0.329 e. The van der Waals surface area contributed by atoms with Crippen molar-refractivity contribution in [2.45, 2.75) is 6.61 Å². The molecule has 0 aromatic heterocycles. The molecule has 30 heavy (non-hydrogen) atoms. The van der Waals surface area contributed by atoms with E-state index in [0.29, 0.717) is 11.1 Å². The predicted octanol–water partition coefficient (Wildman–Crippen LogP) is 4.56. The van der Waals surface area contributed by atoms with E-state index in [2.05, 4.69) is 11.9 Å². The normalized spacial score (nSPS) is 14.7. The van der Waals surface area contributed by atoms with Gasteiger partial charge in [-0.15, -0.1) is 6.58 Å². The molecule has 1 aliphatic rings. The van der Waals surface area contributed by atoms with Gasteiger partial charge in [-0.25, -0.2) is 4.79 Å². The van der Waals surface area contributed by atoms with Crippen molar-refractivity contribution >= 4 is 46.9 Å². The summed E-state index contributed by atoms with van der Waals surface area (Å²) >= 11 is 12.5. The molecule has 1 aliphatic heterocycles. The van der Waals surface area contributed by atoms with Crippen molar-refractivity contribution in [3.8, 4) is 5.75 Å². The Morgan fingerprint density at radius 3 is 2.53 bits per heavy atom. The first-order valence-electron chi connectivity index (χ1n) is 8.60. The third-order valence-corrected chi connectivity index (χ3v) is 4.67. The molecule has 0 saturated carbocycles. The van der Waals surface area contributed by atoms with E-state index in [1.54, 1.807) is 12.1 Å². The molecule has 1 fully saturated rings. The molecule has 0 bridgehead atoms. The second-order valence-electron chi connectivity index (χ2n) is 6.22.